The molecule has 0 fully saturated rings. The lowest BCUT2D eigenvalue weighted by molar-refractivity contribution is -0.145. The highest BCUT2D eigenvalue weighted by Crippen LogP contribution is 2.32. The van der Waals surface area contributed by atoms with Gasteiger partial charge in [-0.2, -0.15) is 0 Å². The predicted molar refractivity (Wildman–Crippen MR) is 72.1 cm³/mol. The lowest BCUT2D eigenvalue weighted by atomic mass is 10.1. The standard InChI is InChI=1S/C14H14O2S/c1-4-11-5-6-12-13(8-17-14(12)7-11)9(2)16-10(3)15/h4-9H,1H2,2-3H3. The van der Waals surface area contributed by atoms with Crippen molar-refractivity contribution >= 4 is 33.5 Å². The minimum absolute atomic E-state index is 0.198. The van der Waals surface area contributed by atoms with Crippen molar-refractivity contribution in [3.05, 3.63) is 41.3 Å². The minimum atomic E-state index is -0.250. The van der Waals surface area contributed by atoms with E-state index in [0.717, 1.165) is 16.5 Å². The summed E-state index contributed by atoms with van der Waals surface area (Å²) in [5.41, 5.74) is 2.17. The molecule has 0 N–H and O–H groups in total. The van der Waals surface area contributed by atoms with E-state index in [1.807, 2.05) is 24.4 Å². The van der Waals surface area contributed by atoms with Gasteiger partial charge in [0, 0.05) is 17.2 Å². The van der Waals surface area contributed by atoms with Crippen LogP contribution < -0.4 is 0 Å². The third kappa shape index (κ3) is 2.39. The highest BCUT2D eigenvalue weighted by atomic mass is 32.1. The third-order valence-electron chi connectivity index (χ3n) is 2.65. The van der Waals surface area contributed by atoms with E-state index in [-0.39, 0.29) is 12.1 Å². The molecule has 2 nitrogen and oxygen atoms in total. The first-order valence-electron chi connectivity index (χ1n) is 5.42. The Morgan fingerprint density at radius 3 is 2.94 bits per heavy atom. The Labute approximate surface area is 105 Å². The molecule has 0 spiro atoms. The summed E-state index contributed by atoms with van der Waals surface area (Å²) in [6.07, 6.45) is 1.63. The Bertz CT molecular complexity index is 569. The fraction of sp³-hybridized carbons (Fsp3) is 0.214. The Morgan fingerprint density at radius 1 is 1.53 bits per heavy atom. The predicted octanol–water partition coefficient (Wildman–Crippen LogP) is 4.17. The van der Waals surface area contributed by atoms with E-state index in [9.17, 15) is 4.79 Å². The van der Waals surface area contributed by atoms with E-state index in [1.165, 1.54) is 11.6 Å². The van der Waals surface area contributed by atoms with Gasteiger partial charge in [0.2, 0.25) is 0 Å². The molecule has 1 unspecified atom stereocenters. The molecule has 1 atom stereocenters. The van der Waals surface area contributed by atoms with Crippen molar-refractivity contribution in [2.75, 3.05) is 0 Å². The van der Waals surface area contributed by atoms with Gasteiger partial charge in [0.25, 0.3) is 0 Å². The Balaban J connectivity index is 2.42. The summed E-state index contributed by atoms with van der Waals surface area (Å²) >= 11 is 1.66. The number of carbonyl (C=O) groups is 1. The highest BCUT2D eigenvalue weighted by Gasteiger charge is 2.13. The maximum Gasteiger partial charge on any atom is 0.303 e. The molecule has 88 valence electrons. The molecular formula is C14H14O2S. The number of thiophene rings is 1. The third-order valence-corrected chi connectivity index (χ3v) is 3.61. The molecule has 2 aromatic rings. The second-order valence-electron chi connectivity index (χ2n) is 3.90. The fourth-order valence-corrected chi connectivity index (χ4v) is 2.91. The lowest BCUT2D eigenvalue weighted by Crippen LogP contribution is -2.03. The zero-order valence-electron chi connectivity index (χ0n) is 9.90. The van der Waals surface area contributed by atoms with Crippen LogP contribution in [0.25, 0.3) is 16.2 Å². The maximum atomic E-state index is 11.0. The Morgan fingerprint density at radius 2 is 2.29 bits per heavy atom. The first kappa shape index (κ1) is 11.9. The van der Waals surface area contributed by atoms with Crippen LogP contribution >= 0.6 is 11.3 Å². The summed E-state index contributed by atoms with van der Waals surface area (Å²) in [6, 6.07) is 6.17. The average Bonchev–Trinajstić information content (AvgIpc) is 2.70. The minimum Gasteiger partial charge on any atom is -0.458 e. The van der Waals surface area contributed by atoms with Gasteiger partial charge < -0.3 is 4.74 Å². The lowest BCUT2D eigenvalue weighted by Gasteiger charge is -2.10. The van der Waals surface area contributed by atoms with Crippen LogP contribution in [0.5, 0.6) is 0 Å². The van der Waals surface area contributed by atoms with Crippen LogP contribution in [0.2, 0.25) is 0 Å². The Hall–Kier alpha value is -1.61. The number of hydrogen-bond donors (Lipinski definition) is 0. The largest absolute Gasteiger partial charge is 0.458 e. The van der Waals surface area contributed by atoms with Crippen LogP contribution in [-0.2, 0) is 9.53 Å². The molecule has 1 aromatic carbocycles. The Kier molecular flexibility index (Phi) is 3.29. The monoisotopic (exact) mass is 246 g/mol. The molecule has 1 heterocycles. The van der Waals surface area contributed by atoms with E-state index in [0.29, 0.717) is 0 Å². The summed E-state index contributed by atoms with van der Waals surface area (Å²) in [5.74, 6) is -0.250. The molecule has 0 saturated carbocycles. The summed E-state index contributed by atoms with van der Waals surface area (Å²) in [6.45, 7) is 7.08. The van der Waals surface area contributed by atoms with Gasteiger partial charge in [-0.1, -0.05) is 24.8 Å². The fourth-order valence-electron chi connectivity index (χ4n) is 1.82. The van der Waals surface area contributed by atoms with Crippen LogP contribution in [0.3, 0.4) is 0 Å². The van der Waals surface area contributed by atoms with Crippen LogP contribution in [0, 0.1) is 0 Å². The summed E-state index contributed by atoms with van der Waals surface area (Å²) in [7, 11) is 0. The quantitative estimate of drug-likeness (QED) is 0.760. The maximum absolute atomic E-state index is 11.0. The molecule has 0 radical (unpaired) electrons. The van der Waals surface area contributed by atoms with E-state index < -0.39 is 0 Å². The van der Waals surface area contributed by atoms with Crippen LogP contribution in [0.1, 0.15) is 31.1 Å². The summed E-state index contributed by atoms with van der Waals surface area (Å²) in [5, 5.41) is 3.19. The van der Waals surface area contributed by atoms with Gasteiger partial charge >= 0.3 is 5.97 Å². The number of fused-ring (bicyclic) bond motifs is 1. The summed E-state index contributed by atoms with van der Waals surface area (Å²) in [4.78, 5) is 11.0. The molecule has 0 aliphatic heterocycles. The number of esters is 1. The highest BCUT2D eigenvalue weighted by molar-refractivity contribution is 7.17. The number of ether oxygens (including phenoxy) is 1. The molecule has 0 amide bonds. The van der Waals surface area contributed by atoms with Gasteiger partial charge in [-0.3, -0.25) is 4.79 Å². The van der Waals surface area contributed by atoms with Crippen LogP contribution in [0.15, 0.2) is 30.2 Å². The van der Waals surface area contributed by atoms with Gasteiger partial charge in [-0.15, -0.1) is 11.3 Å². The first-order valence-corrected chi connectivity index (χ1v) is 6.30. The summed E-state index contributed by atoms with van der Waals surface area (Å²) < 4.78 is 6.40. The topological polar surface area (TPSA) is 26.3 Å². The molecule has 3 heteroatoms. The molecular weight excluding hydrogens is 232 g/mol. The van der Waals surface area contributed by atoms with E-state index >= 15 is 0 Å². The molecule has 0 aliphatic carbocycles. The van der Waals surface area contributed by atoms with Crippen LogP contribution in [-0.4, -0.2) is 5.97 Å². The van der Waals surface area contributed by atoms with Gasteiger partial charge in [-0.05, 0) is 29.3 Å². The molecule has 2 rings (SSSR count). The van der Waals surface area contributed by atoms with Crippen molar-refractivity contribution < 1.29 is 9.53 Å². The molecule has 0 saturated heterocycles. The molecule has 17 heavy (non-hydrogen) atoms. The van der Waals surface area contributed by atoms with Crippen molar-refractivity contribution in [2.45, 2.75) is 20.0 Å². The van der Waals surface area contributed by atoms with Crippen molar-refractivity contribution in [2.24, 2.45) is 0 Å². The average molecular weight is 246 g/mol. The zero-order chi connectivity index (χ0) is 12.4. The second kappa shape index (κ2) is 4.72. The van der Waals surface area contributed by atoms with E-state index in [2.05, 4.69) is 18.7 Å². The number of hydrogen-bond acceptors (Lipinski definition) is 3. The normalized spacial score (nSPS) is 12.4. The molecule has 1 aromatic heterocycles. The van der Waals surface area contributed by atoms with Crippen molar-refractivity contribution in [3.63, 3.8) is 0 Å². The van der Waals surface area contributed by atoms with Gasteiger partial charge in [0.1, 0.15) is 6.10 Å². The zero-order valence-corrected chi connectivity index (χ0v) is 10.7. The number of carbonyl (C=O) groups excluding carboxylic acids is 1. The second-order valence-corrected chi connectivity index (χ2v) is 4.81. The first-order chi connectivity index (χ1) is 8.11. The van der Waals surface area contributed by atoms with Crippen molar-refractivity contribution in [1.29, 1.82) is 0 Å². The van der Waals surface area contributed by atoms with Crippen molar-refractivity contribution in [3.8, 4) is 0 Å². The molecule has 0 bridgehead atoms. The number of rotatable bonds is 3. The van der Waals surface area contributed by atoms with Crippen LogP contribution in [0.4, 0.5) is 0 Å². The van der Waals surface area contributed by atoms with E-state index in [1.54, 1.807) is 11.3 Å². The van der Waals surface area contributed by atoms with Crippen molar-refractivity contribution in [1.82, 2.24) is 0 Å². The van der Waals surface area contributed by atoms with Gasteiger partial charge in [0.15, 0.2) is 0 Å². The molecule has 0 aliphatic rings. The van der Waals surface area contributed by atoms with E-state index in [4.69, 9.17) is 4.74 Å². The smallest absolute Gasteiger partial charge is 0.303 e. The van der Waals surface area contributed by atoms with Gasteiger partial charge in [-0.25, -0.2) is 0 Å². The van der Waals surface area contributed by atoms with Gasteiger partial charge in [0.05, 0.1) is 0 Å². The number of benzene rings is 1. The SMILES string of the molecule is C=Cc1ccc2c(C(C)OC(C)=O)csc2c1.